The molecule has 0 aromatic heterocycles. The van der Waals surface area contributed by atoms with E-state index in [4.69, 9.17) is 9.47 Å². The quantitative estimate of drug-likeness (QED) is 0.363. The number of hydrogen-bond acceptors (Lipinski definition) is 3. The third-order valence-electron chi connectivity index (χ3n) is 4.45. The lowest BCUT2D eigenvalue weighted by Gasteiger charge is -2.09. The highest BCUT2D eigenvalue weighted by Crippen LogP contribution is 2.23. The summed E-state index contributed by atoms with van der Waals surface area (Å²) in [6.07, 6.45) is 1.97. The van der Waals surface area contributed by atoms with Crippen molar-refractivity contribution in [2.45, 2.75) is 33.3 Å². The van der Waals surface area contributed by atoms with E-state index in [1.165, 1.54) is 0 Å². The van der Waals surface area contributed by atoms with Crippen LogP contribution in [0.5, 0.6) is 5.75 Å². The molecule has 3 aromatic rings. The lowest BCUT2D eigenvalue weighted by molar-refractivity contribution is 0.0495. The van der Waals surface area contributed by atoms with Gasteiger partial charge in [-0.1, -0.05) is 56.3 Å². The second-order valence-corrected chi connectivity index (χ2v) is 7.17. The Balaban J connectivity index is 1.61. The van der Waals surface area contributed by atoms with E-state index in [0.717, 1.165) is 34.9 Å². The Labute approximate surface area is 160 Å². The molecule has 0 aliphatic heterocycles. The number of rotatable bonds is 8. The minimum absolute atomic E-state index is 0.259. The molecule has 0 N–H and O–H groups in total. The molecular formula is C24H26O3. The minimum atomic E-state index is -0.259. The summed E-state index contributed by atoms with van der Waals surface area (Å²) in [7, 11) is 0. The number of benzene rings is 3. The summed E-state index contributed by atoms with van der Waals surface area (Å²) in [5, 5.41) is 2.04. The van der Waals surface area contributed by atoms with Crippen molar-refractivity contribution in [2.24, 2.45) is 5.92 Å². The van der Waals surface area contributed by atoms with Gasteiger partial charge >= 0.3 is 5.97 Å². The monoisotopic (exact) mass is 362 g/mol. The third kappa shape index (κ3) is 5.58. The second kappa shape index (κ2) is 9.22. The van der Waals surface area contributed by atoms with Gasteiger partial charge in [0.15, 0.2) is 0 Å². The summed E-state index contributed by atoms with van der Waals surface area (Å²) in [5.41, 5.74) is 1.72. The van der Waals surface area contributed by atoms with E-state index >= 15 is 0 Å². The molecule has 27 heavy (non-hydrogen) atoms. The lowest BCUT2D eigenvalue weighted by atomic mass is 10.1. The van der Waals surface area contributed by atoms with E-state index in [9.17, 15) is 4.79 Å². The van der Waals surface area contributed by atoms with Crippen LogP contribution in [0.15, 0.2) is 66.7 Å². The summed E-state index contributed by atoms with van der Waals surface area (Å²) >= 11 is 0. The number of carbonyl (C=O) groups excluding carboxylic acids is 1. The minimum Gasteiger partial charge on any atom is -0.489 e. The predicted molar refractivity (Wildman–Crippen MR) is 109 cm³/mol. The molecule has 3 rings (SSSR count). The number of carbonyl (C=O) groups is 1. The van der Waals surface area contributed by atoms with Crippen LogP contribution in [0.4, 0.5) is 0 Å². The molecule has 3 heteroatoms. The normalized spacial score (nSPS) is 10.9. The SMILES string of the molecule is CC(C)CCCOC(=O)c1ccc2cc(OCc3ccccc3)ccc2c1. The fraction of sp³-hybridized carbons (Fsp3) is 0.292. The first-order chi connectivity index (χ1) is 13.1. The maximum absolute atomic E-state index is 12.2. The van der Waals surface area contributed by atoms with Crippen LogP contribution in [0, 0.1) is 5.92 Å². The molecule has 140 valence electrons. The molecule has 0 aliphatic carbocycles. The van der Waals surface area contributed by atoms with Crippen LogP contribution >= 0.6 is 0 Å². The van der Waals surface area contributed by atoms with Crippen LogP contribution in [0.1, 0.15) is 42.6 Å². The lowest BCUT2D eigenvalue weighted by Crippen LogP contribution is -2.07. The van der Waals surface area contributed by atoms with E-state index in [2.05, 4.69) is 13.8 Å². The Hall–Kier alpha value is -2.81. The van der Waals surface area contributed by atoms with Gasteiger partial charge in [-0.25, -0.2) is 4.79 Å². The first kappa shape index (κ1) is 19.0. The molecule has 0 amide bonds. The van der Waals surface area contributed by atoms with Crippen LogP contribution in [0.2, 0.25) is 0 Å². The Bertz CT molecular complexity index is 885. The Morgan fingerprint density at radius 1 is 0.926 bits per heavy atom. The number of hydrogen-bond donors (Lipinski definition) is 0. The number of fused-ring (bicyclic) bond motifs is 1. The zero-order valence-corrected chi connectivity index (χ0v) is 16.0. The summed E-state index contributed by atoms with van der Waals surface area (Å²) in [6, 6.07) is 21.6. The van der Waals surface area contributed by atoms with Crippen molar-refractivity contribution in [3.8, 4) is 5.75 Å². The van der Waals surface area contributed by atoms with Gasteiger partial charge in [0.25, 0.3) is 0 Å². The third-order valence-corrected chi connectivity index (χ3v) is 4.45. The molecule has 0 saturated carbocycles. The zero-order chi connectivity index (χ0) is 19.1. The zero-order valence-electron chi connectivity index (χ0n) is 16.0. The van der Waals surface area contributed by atoms with Gasteiger partial charge in [0.1, 0.15) is 12.4 Å². The van der Waals surface area contributed by atoms with E-state index in [1.807, 2.05) is 66.7 Å². The van der Waals surface area contributed by atoms with Crippen LogP contribution < -0.4 is 4.74 Å². The summed E-state index contributed by atoms with van der Waals surface area (Å²) in [4.78, 5) is 12.2. The molecule has 3 aromatic carbocycles. The molecule has 0 saturated heterocycles. The van der Waals surface area contributed by atoms with Gasteiger partial charge < -0.3 is 9.47 Å². The van der Waals surface area contributed by atoms with E-state index in [0.29, 0.717) is 24.7 Å². The standard InChI is InChI=1S/C24H26O3/c1-18(2)7-6-14-26-24(25)22-11-10-21-16-23(13-12-20(21)15-22)27-17-19-8-4-3-5-9-19/h3-5,8-13,15-16,18H,6-7,14,17H2,1-2H3. The first-order valence-corrected chi connectivity index (χ1v) is 9.49. The van der Waals surface area contributed by atoms with Gasteiger partial charge in [0.2, 0.25) is 0 Å². The van der Waals surface area contributed by atoms with E-state index in [-0.39, 0.29) is 5.97 Å². The first-order valence-electron chi connectivity index (χ1n) is 9.49. The molecule has 3 nitrogen and oxygen atoms in total. The molecule has 0 aliphatic rings. The van der Waals surface area contributed by atoms with Gasteiger partial charge in [0.05, 0.1) is 12.2 Å². The molecule has 0 fully saturated rings. The largest absolute Gasteiger partial charge is 0.489 e. The van der Waals surface area contributed by atoms with Gasteiger partial charge in [-0.2, -0.15) is 0 Å². The fourth-order valence-electron chi connectivity index (χ4n) is 2.92. The van der Waals surface area contributed by atoms with Crippen molar-refractivity contribution in [1.82, 2.24) is 0 Å². The second-order valence-electron chi connectivity index (χ2n) is 7.17. The molecule has 0 unspecified atom stereocenters. The fourth-order valence-corrected chi connectivity index (χ4v) is 2.92. The van der Waals surface area contributed by atoms with Crippen molar-refractivity contribution in [3.63, 3.8) is 0 Å². The van der Waals surface area contributed by atoms with Crippen LogP contribution in [-0.2, 0) is 11.3 Å². The average Bonchev–Trinajstić information content (AvgIpc) is 2.69. The molecular weight excluding hydrogens is 336 g/mol. The number of esters is 1. The van der Waals surface area contributed by atoms with Crippen LogP contribution in [-0.4, -0.2) is 12.6 Å². The van der Waals surface area contributed by atoms with Crippen LogP contribution in [0.3, 0.4) is 0 Å². The smallest absolute Gasteiger partial charge is 0.338 e. The highest BCUT2D eigenvalue weighted by atomic mass is 16.5. The average molecular weight is 362 g/mol. The van der Waals surface area contributed by atoms with Crippen molar-refractivity contribution < 1.29 is 14.3 Å². The van der Waals surface area contributed by atoms with Gasteiger partial charge in [-0.3, -0.25) is 0 Å². The van der Waals surface area contributed by atoms with Crippen molar-refractivity contribution in [1.29, 1.82) is 0 Å². The Kier molecular flexibility index (Phi) is 6.48. The van der Waals surface area contributed by atoms with Crippen LogP contribution in [0.25, 0.3) is 10.8 Å². The topological polar surface area (TPSA) is 35.5 Å². The van der Waals surface area contributed by atoms with Crippen molar-refractivity contribution in [2.75, 3.05) is 6.61 Å². The molecule has 0 heterocycles. The highest BCUT2D eigenvalue weighted by Gasteiger charge is 2.09. The van der Waals surface area contributed by atoms with Crippen molar-refractivity contribution in [3.05, 3.63) is 77.9 Å². The highest BCUT2D eigenvalue weighted by molar-refractivity contribution is 5.95. The maximum Gasteiger partial charge on any atom is 0.338 e. The molecule has 0 spiro atoms. The van der Waals surface area contributed by atoms with Crippen molar-refractivity contribution >= 4 is 16.7 Å². The Morgan fingerprint density at radius 3 is 2.44 bits per heavy atom. The maximum atomic E-state index is 12.2. The molecule has 0 atom stereocenters. The predicted octanol–water partition coefficient (Wildman–Crippen LogP) is 6.01. The molecule has 0 bridgehead atoms. The van der Waals surface area contributed by atoms with Gasteiger partial charge in [0, 0.05) is 0 Å². The number of ether oxygens (including phenoxy) is 2. The van der Waals surface area contributed by atoms with Gasteiger partial charge in [-0.05, 0) is 59.4 Å². The molecule has 0 radical (unpaired) electrons. The summed E-state index contributed by atoms with van der Waals surface area (Å²) < 4.78 is 11.2. The Morgan fingerprint density at radius 2 is 1.67 bits per heavy atom. The van der Waals surface area contributed by atoms with Gasteiger partial charge in [-0.15, -0.1) is 0 Å². The van der Waals surface area contributed by atoms with E-state index in [1.54, 1.807) is 0 Å². The summed E-state index contributed by atoms with van der Waals surface area (Å²) in [6.45, 7) is 5.35. The van der Waals surface area contributed by atoms with E-state index < -0.39 is 0 Å². The summed E-state index contributed by atoms with van der Waals surface area (Å²) in [5.74, 6) is 1.18.